The summed E-state index contributed by atoms with van der Waals surface area (Å²) in [6.45, 7) is 3.98. The lowest BCUT2D eigenvalue weighted by Gasteiger charge is -2.25. The summed E-state index contributed by atoms with van der Waals surface area (Å²) in [5.41, 5.74) is 0.527. The van der Waals surface area contributed by atoms with Crippen molar-refractivity contribution in [3.8, 4) is 5.75 Å². The minimum Gasteiger partial charge on any atom is -0.494 e. The van der Waals surface area contributed by atoms with Crippen molar-refractivity contribution in [2.24, 2.45) is 0 Å². The van der Waals surface area contributed by atoms with E-state index in [0.29, 0.717) is 11.1 Å². The van der Waals surface area contributed by atoms with Gasteiger partial charge >= 0.3 is 0 Å². The van der Waals surface area contributed by atoms with E-state index in [0.717, 1.165) is 0 Å². The fourth-order valence-corrected chi connectivity index (χ4v) is 2.43. The van der Waals surface area contributed by atoms with Gasteiger partial charge in [0.15, 0.2) is 11.6 Å². The standard InChI is InChI=1S/C20H21F2NO2/c1-20(2,15-6-4-5-7-16(15)21)13-23-19(24)11-9-14-8-10-18(25-3)17(22)12-14/h4-12H,13H2,1-3H3,(H,23,24)/b11-9+. The monoisotopic (exact) mass is 345 g/mol. The second kappa shape index (κ2) is 7.92. The second-order valence-corrected chi connectivity index (χ2v) is 6.31. The molecule has 1 N–H and O–H groups in total. The van der Waals surface area contributed by atoms with Gasteiger partial charge in [0.2, 0.25) is 5.91 Å². The molecule has 1 amide bonds. The molecule has 0 heterocycles. The zero-order valence-corrected chi connectivity index (χ0v) is 14.5. The summed E-state index contributed by atoms with van der Waals surface area (Å²) in [4.78, 5) is 12.0. The lowest BCUT2D eigenvalue weighted by molar-refractivity contribution is -0.116. The van der Waals surface area contributed by atoms with Crippen LogP contribution >= 0.6 is 0 Å². The Bertz CT molecular complexity index is 785. The summed E-state index contributed by atoms with van der Waals surface area (Å²) in [5, 5.41) is 2.75. The number of amides is 1. The van der Waals surface area contributed by atoms with Crippen molar-refractivity contribution in [3.63, 3.8) is 0 Å². The van der Waals surface area contributed by atoms with E-state index in [1.165, 1.54) is 37.5 Å². The van der Waals surface area contributed by atoms with Crippen molar-refractivity contribution in [1.29, 1.82) is 0 Å². The Kier molecular flexibility index (Phi) is 5.91. The molecular weight excluding hydrogens is 324 g/mol. The molecule has 0 saturated heterocycles. The summed E-state index contributed by atoms with van der Waals surface area (Å²) in [7, 11) is 1.39. The quantitative estimate of drug-likeness (QED) is 0.801. The van der Waals surface area contributed by atoms with Crippen molar-refractivity contribution in [3.05, 3.63) is 71.3 Å². The molecular formula is C20H21F2NO2. The lowest BCUT2D eigenvalue weighted by Crippen LogP contribution is -2.36. The molecule has 25 heavy (non-hydrogen) atoms. The maximum Gasteiger partial charge on any atom is 0.244 e. The predicted molar refractivity (Wildman–Crippen MR) is 94.4 cm³/mol. The normalized spacial score (nSPS) is 11.6. The van der Waals surface area contributed by atoms with Crippen LogP contribution in [0.5, 0.6) is 5.75 Å². The van der Waals surface area contributed by atoms with E-state index in [4.69, 9.17) is 4.74 Å². The van der Waals surface area contributed by atoms with Gasteiger partial charge < -0.3 is 10.1 Å². The summed E-state index contributed by atoms with van der Waals surface area (Å²) in [5.74, 6) is -0.981. The van der Waals surface area contributed by atoms with E-state index in [2.05, 4.69) is 5.32 Å². The van der Waals surface area contributed by atoms with Gasteiger partial charge in [0.05, 0.1) is 7.11 Å². The van der Waals surface area contributed by atoms with Crippen molar-refractivity contribution < 1.29 is 18.3 Å². The Morgan fingerprint density at radius 2 is 1.88 bits per heavy atom. The molecule has 2 aromatic rings. The van der Waals surface area contributed by atoms with Crippen molar-refractivity contribution >= 4 is 12.0 Å². The molecule has 0 spiro atoms. The molecule has 0 atom stereocenters. The van der Waals surface area contributed by atoms with Gasteiger partial charge in [-0.3, -0.25) is 4.79 Å². The van der Waals surface area contributed by atoms with Crippen LogP contribution in [0, 0.1) is 11.6 Å². The van der Waals surface area contributed by atoms with Crippen LogP contribution < -0.4 is 10.1 Å². The molecule has 5 heteroatoms. The first kappa shape index (κ1) is 18.6. The number of carbonyl (C=O) groups is 1. The Labute approximate surface area is 146 Å². The second-order valence-electron chi connectivity index (χ2n) is 6.31. The predicted octanol–water partition coefficient (Wildman–Crippen LogP) is 4.08. The number of rotatable bonds is 6. The zero-order valence-electron chi connectivity index (χ0n) is 14.5. The van der Waals surface area contributed by atoms with Gasteiger partial charge in [-0.2, -0.15) is 0 Å². The van der Waals surface area contributed by atoms with Crippen molar-refractivity contribution in [2.75, 3.05) is 13.7 Å². The number of ether oxygens (including phenoxy) is 1. The van der Waals surface area contributed by atoms with E-state index in [1.807, 2.05) is 13.8 Å². The number of hydrogen-bond donors (Lipinski definition) is 1. The van der Waals surface area contributed by atoms with Crippen LogP contribution in [0.4, 0.5) is 8.78 Å². The van der Waals surface area contributed by atoms with Crippen LogP contribution in [0.2, 0.25) is 0 Å². The van der Waals surface area contributed by atoms with Crippen LogP contribution in [0.25, 0.3) is 6.08 Å². The fraction of sp³-hybridized carbons (Fsp3) is 0.250. The molecule has 0 aliphatic heterocycles. The van der Waals surface area contributed by atoms with E-state index in [1.54, 1.807) is 24.3 Å². The molecule has 0 fully saturated rings. The minimum absolute atomic E-state index is 0.147. The van der Waals surface area contributed by atoms with E-state index < -0.39 is 11.2 Å². The molecule has 0 saturated carbocycles. The highest BCUT2D eigenvalue weighted by molar-refractivity contribution is 5.91. The SMILES string of the molecule is COc1ccc(/C=C/C(=O)NCC(C)(C)c2ccccc2F)cc1F. The van der Waals surface area contributed by atoms with Gasteiger partial charge in [-0.25, -0.2) is 8.78 Å². The van der Waals surface area contributed by atoms with E-state index in [-0.39, 0.29) is 24.0 Å². The number of carbonyl (C=O) groups excluding carboxylic acids is 1. The lowest BCUT2D eigenvalue weighted by atomic mass is 9.84. The Morgan fingerprint density at radius 1 is 1.16 bits per heavy atom. The average molecular weight is 345 g/mol. The Morgan fingerprint density at radius 3 is 2.52 bits per heavy atom. The molecule has 0 bridgehead atoms. The van der Waals surface area contributed by atoms with Crippen LogP contribution in [-0.4, -0.2) is 19.6 Å². The maximum atomic E-state index is 13.9. The highest BCUT2D eigenvalue weighted by atomic mass is 19.1. The third-order valence-electron chi connectivity index (χ3n) is 3.91. The Balaban J connectivity index is 1.98. The molecule has 0 aliphatic carbocycles. The van der Waals surface area contributed by atoms with Gasteiger partial charge in [0.25, 0.3) is 0 Å². The first-order valence-corrected chi connectivity index (χ1v) is 7.88. The van der Waals surface area contributed by atoms with Gasteiger partial charge in [0.1, 0.15) is 5.82 Å². The smallest absolute Gasteiger partial charge is 0.244 e. The molecule has 132 valence electrons. The maximum absolute atomic E-state index is 13.9. The van der Waals surface area contributed by atoms with E-state index in [9.17, 15) is 13.6 Å². The van der Waals surface area contributed by atoms with Gasteiger partial charge in [0, 0.05) is 18.0 Å². The van der Waals surface area contributed by atoms with Crippen LogP contribution in [0.15, 0.2) is 48.5 Å². The largest absolute Gasteiger partial charge is 0.494 e. The van der Waals surface area contributed by atoms with Crippen LogP contribution in [0.1, 0.15) is 25.0 Å². The molecule has 3 nitrogen and oxygen atoms in total. The first-order chi connectivity index (χ1) is 11.8. The highest BCUT2D eigenvalue weighted by Gasteiger charge is 2.24. The topological polar surface area (TPSA) is 38.3 Å². The summed E-state index contributed by atoms with van der Waals surface area (Å²) in [6, 6.07) is 10.9. The number of hydrogen-bond acceptors (Lipinski definition) is 2. The van der Waals surface area contributed by atoms with Crippen molar-refractivity contribution in [1.82, 2.24) is 5.32 Å². The van der Waals surface area contributed by atoms with Gasteiger partial charge in [-0.15, -0.1) is 0 Å². The minimum atomic E-state index is -0.554. The van der Waals surface area contributed by atoms with Crippen molar-refractivity contribution in [2.45, 2.75) is 19.3 Å². The first-order valence-electron chi connectivity index (χ1n) is 7.88. The molecule has 0 unspecified atom stereocenters. The van der Waals surface area contributed by atoms with Gasteiger partial charge in [-0.05, 0) is 35.4 Å². The third-order valence-corrected chi connectivity index (χ3v) is 3.91. The van der Waals surface area contributed by atoms with Gasteiger partial charge in [-0.1, -0.05) is 38.1 Å². The molecule has 0 radical (unpaired) electrons. The molecule has 2 aromatic carbocycles. The molecule has 2 rings (SSSR count). The number of nitrogens with one attached hydrogen (secondary N) is 1. The molecule has 0 aromatic heterocycles. The van der Waals surface area contributed by atoms with Crippen LogP contribution in [0.3, 0.4) is 0 Å². The number of methoxy groups -OCH3 is 1. The summed E-state index contributed by atoms with van der Waals surface area (Å²) in [6.07, 6.45) is 2.83. The zero-order chi connectivity index (χ0) is 18.4. The molecule has 0 aliphatic rings. The average Bonchev–Trinajstić information content (AvgIpc) is 2.58. The highest BCUT2D eigenvalue weighted by Crippen LogP contribution is 2.24. The third kappa shape index (κ3) is 4.89. The summed E-state index contributed by atoms with van der Waals surface area (Å²) < 4.78 is 32.4. The Hall–Kier alpha value is -2.69. The van der Waals surface area contributed by atoms with E-state index >= 15 is 0 Å². The fourth-order valence-electron chi connectivity index (χ4n) is 2.43. The number of benzene rings is 2. The van der Waals surface area contributed by atoms with Crippen LogP contribution in [-0.2, 0) is 10.2 Å². The number of halogens is 2. The summed E-state index contributed by atoms with van der Waals surface area (Å²) >= 11 is 0.